The van der Waals surface area contributed by atoms with Gasteiger partial charge in [0, 0.05) is 0 Å². The van der Waals surface area contributed by atoms with Crippen molar-refractivity contribution in [2.75, 3.05) is 0 Å². The molecule has 5 N–H and O–H groups in total. The zero-order valence-electron chi connectivity index (χ0n) is 18.1. The molecule has 242 valence electrons. The Hall–Kier alpha value is 5.37. The molecule has 0 aliphatic carbocycles. The first-order chi connectivity index (χ1) is 17.3. The molecule has 0 aromatic carbocycles. The molecule has 2 radical (unpaired) electrons. The summed E-state index contributed by atoms with van der Waals surface area (Å²) >= 11 is -41.5. The van der Waals surface area contributed by atoms with Crippen LogP contribution >= 0.6 is 0 Å². The van der Waals surface area contributed by atoms with Crippen molar-refractivity contribution in [3.05, 3.63) is 0 Å². The second kappa shape index (κ2) is 76.3. The van der Waals surface area contributed by atoms with Crippen LogP contribution in [0.1, 0.15) is 0 Å². The second-order valence-corrected chi connectivity index (χ2v) is 16.2. The maximum absolute atomic E-state index is 8.71. The van der Waals surface area contributed by atoms with Gasteiger partial charge in [-0.2, -0.15) is 0 Å². The van der Waals surface area contributed by atoms with E-state index in [0.717, 1.165) is 0 Å². The summed E-state index contributed by atoms with van der Waals surface area (Å²) in [6.07, 6.45) is 0. The van der Waals surface area contributed by atoms with E-state index < -0.39 is 188 Å². The van der Waals surface area contributed by atoms with Crippen molar-refractivity contribution in [3.8, 4) is 0 Å². The van der Waals surface area contributed by atoms with Crippen LogP contribution in [0.2, 0.25) is 0 Å². The molecule has 42 heavy (non-hydrogen) atoms. The summed E-state index contributed by atoms with van der Waals surface area (Å²) in [5.41, 5.74) is 0. The summed E-state index contributed by atoms with van der Waals surface area (Å²) in [7, 11) is 0. The minimum Gasteiger partial charge on any atom is 2.00 e. The largest absolute Gasteiger partial charge is 2.00 e. The van der Waals surface area contributed by atoms with Crippen LogP contribution in [-0.4, -0.2) is 89.8 Å². The van der Waals surface area contributed by atoms with Crippen molar-refractivity contribution in [2.45, 2.75) is 0 Å². The van der Waals surface area contributed by atoms with Gasteiger partial charge in [0.1, 0.15) is 0 Å². The Morgan fingerprint density at radius 3 is 0.310 bits per heavy atom. The molecule has 0 heterocycles. The first kappa shape index (κ1) is 81.4. The van der Waals surface area contributed by atoms with Crippen molar-refractivity contribution in [2.24, 2.45) is 0 Å². The van der Waals surface area contributed by atoms with Gasteiger partial charge in [0.2, 0.25) is 0 Å². The summed E-state index contributed by atoms with van der Waals surface area (Å²) < 4.78 is 252. The molecule has 0 aliphatic heterocycles. The average Bonchev–Trinajstić information content (AvgIpc) is 2.47. The van der Waals surface area contributed by atoms with Crippen LogP contribution in [0, 0.1) is 0 Å². The van der Waals surface area contributed by atoms with Crippen LogP contribution in [0.25, 0.3) is 0 Å². The summed E-state index contributed by atoms with van der Waals surface area (Å²) in [6.45, 7) is 0. The van der Waals surface area contributed by atoms with Gasteiger partial charge < -0.3 is 0 Å². The predicted molar refractivity (Wildman–Crippen MR) is 36.3 cm³/mol. The van der Waals surface area contributed by atoms with E-state index in [1.54, 1.807) is 0 Å². The Labute approximate surface area is 352 Å². The summed E-state index contributed by atoms with van der Waals surface area (Å²) in [4.78, 5) is 0. The number of rotatable bonds is 0. The van der Waals surface area contributed by atoms with Gasteiger partial charge in [0.15, 0.2) is 0 Å². The monoisotopic (exact) mass is 2150 g/mol. The molecular weight excluding hydrogens is 2150 g/mol. The molecule has 0 spiro atoms. The standard InChI is InChI=1S/Bi.5Nb.5H2O.25O.Sr.5Ta/h;;;;;;5*1H2;;;;;;;;;;;;;;;;;;;;;;;;;;;;;;;/q+3;5*+1;;;;;;;;;;;;;;;;;;;;;;;;;;5*-1;+2;;;;;/p-5. The third-order valence-electron chi connectivity index (χ3n) is 0. The molecule has 0 saturated carbocycles. The van der Waals surface area contributed by atoms with Crippen molar-refractivity contribution >= 4 is 71.7 Å². The fourth-order valence-corrected chi connectivity index (χ4v) is 0. The SMILES string of the molecule is [Bi+3].[O]=[Nb](=[O])[OH].[O]=[Nb](=[O])[OH].[O]=[Nb](=[O])[OH].[O]=[Nb](=[O])[OH].[O]=[Nb](=[O])[OH].[O]=[Ta](=[O])[O-].[O]=[Ta](=[O])[O-].[O]=[Ta](=[O])[O-].[O]=[Ta](=[O])[O-].[O]=[Ta](=[O])[O-].[Sr+2]. The van der Waals surface area contributed by atoms with Crippen LogP contribution in [0.4, 0.5) is 0 Å². The molecule has 0 unspecified atom stereocenters. The van der Waals surface area contributed by atoms with E-state index in [-0.39, 0.29) is 71.7 Å². The molecule has 0 aliphatic rings. The second-order valence-electron chi connectivity index (χ2n) is 2.31. The summed E-state index contributed by atoms with van der Waals surface area (Å²) in [5, 5.41) is 0. The Morgan fingerprint density at radius 1 is 0.310 bits per heavy atom. The van der Waals surface area contributed by atoms with E-state index in [1.807, 2.05) is 0 Å². The fraction of sp³-hybridized carbons (Fsp3) is 0. The van der Waals surface area contributed by atoms with Crippen LogP contribution in [0.15, 0.2) is 0 Å². The van der Waals surface area contributed by atoms with Gasteiger partial charge in [-0.15, -0.1) is 0 Å². The molecular formula is H5BiNb5O30SrTa5. The number of hydrogen-bond acceptors (Lipinski definition) is 25. The minimum absolute atomic E-state index is 0. The van der Waals surface area contributed by atoms with Gasteiger partial charge in [0.05, 0.1) is 0 Å². The maximum Gasteiger partial charge on any atom is 2.00 e. The molecule has 42 heteroatoms. The normalized spacial score (nSPS) is 5.95. The Morgan fingerprint density at radius 2 is 0.310 bits per heavy atom. The van der Waals surface area contributed by atoms with Crippen molar-refractivity contribution in [3.63, 3.8) is 0 Å². The van der Waals surface area contributed by atoms with E-state index in [1.165, 1.54) is 0 Å². The topological polar surface area (TPSA) is 558 Å². The summed E-state index contributed by atoms with van der Waals surface area (Å²) in [6, 6.07) is 0. The van der Waals surface area contributed by atoms with E-state index in [4.69, 9.17) is 101 Å². The maximum atomic E-state index is 8.71. The fourth-order valence-electron chi connectivity index (χ4n) is 0. The summed E-state index contributed by atoms with van der Waals surface area (Å²) in [5.74, 6) is 0. The molecule has 0 amide bonds. The molecule has 0 atom stereocenters. The van der Waals surface area contributed by atoms with Gasteiger partial charge in [-0.1, -0.05) is 0 Å². The van der Waals surface area contributed by atoms with Gasteiger partial charge >= 0.3 is 361 Å². The quantitative estimate of drug-likeness (QED) is 0.141. The van der Waals surface area contributed by atoms with Gasteiger partial charge in [-0.25, -0.2) is 0 Å². The predicted octanol–water partition coefficient (Wildman–Crippen LogP) is -11.9. The van der Waals surface area contributed by atoms with Crippen molar-refractivity contribution in [1.29, 1.82) is 0 Å². The first-order valence-electron chi connectivity index (χ1n) is 5.56. The van der Waals surface area contributed by atoms with Crippen LogP contribution < -0.4 is 18.1 Å². The zero-order valence-corrected chi connectivity index (χ0v) is 52.1. The molecule has 0 rings (SSSR count). The number of hydrogen-bond donors (Lipinski definition) is 5. The smallest absolute Gasteiger partial charge is 2.00 e. The van der Waals surface area contributed by atoms with Gasteiger partial charge in [-0.05, 0) is 0 Å². The molecule has 0 fully saturated rings. The molecule has 30 nitrogen and oxygen atoms in total. The Kier molecular flexibility index (Phi) is 148. The first-order valence-corrected chi connectivity index (χ1v) is 39.1. The van der Waals surface area contributed by atoms with Crippen molar-refractivity contribution < 1.29 is 289 Å². The van der Waals surface area contributed by atoms with E-state index in [2.05, 4.69) is 0 Å². The molecule has 0 aromatic heterocycles. The van der Waals surface area contributed by atoms with E-state index in [0.29, 0.717) is 0 Å². The van der Waals surface area contributed by atoms with Crippen molar-refractivity contribution in [1.82, 2.24) is 0 Å². The van der Waals surface area contributed by atoms with Crippen LogP contribution in [-0.2, 0) is 253 Å². The zero-order chi connectivity index (χ0) is 35.8. The molecule has 0 aromatic rings. The van der Waals surface area contributed by atoms with Gasteiger partial charge in [-0.3, -0.25) is 0 Å². The third-order valence-corrected chi connectivity index (χ3v) is 0. The minimum atomic E-state index is -4.34. The Bertz CT molecular complexity index is 873. The van der Waals surface area contributed by atoms with Crippen LogP contribution in [0.3, 0.4) is 0 Å². The van der Waals surface area contributed by atoms with Gasteiger partial charge in [0.25, 0.3) is 0 Å². The van der Waals surface area contributed by atoms with E-state index >= 15 is 0 Å². The average molecular weight is 2150 g/mol. The van der Waals surface area contributed by atoms with E-state index in [9.17, 15) is 0 Å². The third kappa shape index (κ3) is 3100. The Balaban J connectivity index is -0.0000000237. The molecule has 0 bridgehead atoms. The molecule has 0 saturated heterocycles. The van der Waals surface area contributed by atoms with Crippen LogP contribution in [0.5, 0.6) is 0 Å².